The van der Waals surface area contributed by atoms with Gasteiger partial charge in [-0.2, -0.15) is 5.10 Å². The summed E-state index contributed by atoms with van der Waals surface area (Å²) in [5.41, 5.74) is 0.0900. The van der Waals surface area contributed by atoms with E-state index in [4.69, 9.17) is 4.42 Å². The van der Waals surface area contributed by atoms with Crippen molar-refractivity contribution in [3.8, 4) is 17.0 Å². The second-order valence-corrected chi connectivity index (χ2v) is 5.67. The molecule has 1 aromatic carbocycles. The van der Waals surface area contributed by atoms with E-state index < -0.39 is 11.2 Å². The summed E-state index contributed by atoms with van der Waals surface area (Å²) in [4.78, 5) is 24.7. The highest BCUT2D eigenvalue weighted by atomic mass is 16.4. The summed E-state index contributed by atoms with van der Waals surface area (Å²) in [6, 6.07) is 9.09. The van der Waals surface area contributed by atoms with Crippen LogP contribution in [0.1, 0.15) is 25.3 Å². The third kappa shape index (κ3) is 2.60. The van der Waals surface area contributed by atoms with Gasteiger partial charge < -0.3 is 9.52 Å². The van der Waals surface area contributed by atoms with Crippen molar-refractivity contribution in [2.75, 3.05) is 0 Å². The van der Waals surface area contributed by atoms with E-state index in [2.05, 4.69) is 5.10 Å². The summed E-state index contributed by atoms with van der Waals surface area (Å²) >= 11 is 0. The average Bonchev–Trinajstić information content (AvgIpc) is 2.58. The Kier molecular flexibility index (Phi) is 4.20. The minimum Gasteiger partial charge on any atom is -0.506 e. The Hall–Kier alpha value is -2.89. The molecule has 0 fully saturated rings. The molecule has 124 valence electrons. The number of benzene rings is 1. The van der Waals surface area contributed by atoms with Gasteiger partial charge in [0.1, 0.15) is 16.8 Å². The number of aromatic hydroxyl groups is 1. The first-order valence-electron chi connectivity index (χ1n) is 7.86. The number of aryl methyl sites for hydroxylation is 1. The molecule has 0 aliphatic carbocycles. The van der Waals surface area contributed by atoms with Crippen molar-refractivity contribution in [2.24, 2.45) is 7.05 Å². The van der Waals surface area contributed by atoms with Gasteiger partial charge in [-0.3, -0.25) is 4.79 Å². The van der Waals surface area contributed by atoms with E-state index in [-0.39, 0.29) is 22.3 Å². The Morgan fingerprint density at radius 1 is 1.21 bits per heavy atom. The van der Waals surface area contributed by atoms with Crippen LogP contribution in [0.5, 0.6) is 5.75 Å². The standard InChI is InChI=1S/C18H18N2O4/c1-3-4-10-12-15(21)13-16(24-18(12)23)14(19-20(2)17(13)22)11-8-6-5-7-9-11/h5-9,21H,3-4,10H2,1-2H3. The van der Waals surface area contributed by atoms with E-state index in [1.165, 1.54) is 7.05 Å². The number of hydrogen-bond donors (Lipinski definition) is 1. The van der Waals surface area contributed by atoms with Crippen molar-refractivity contribution in [2.45, 2.75) is 26.2 Å². The SMILES string of the molecule is CCCCc1c(O)c2c(=O)n(C)nc(-c3ccccc3)c2oc1=O. The molecule has 0 radical (unpaired) electrons. The molecule has 6 nitrogen and oxygen atoms in total. The van der Waals surface area contributed by atoms with Crippen LogP contribution < -0.4 is 11.2 Å². The Bertz CT molecular complexity index is 1000. The molecule has 0 saturated carbocycles. The second kappa shape index (κ2) is 6.31. The van der Waals surface area contributed by atoms with Gasteiger partial charge in [-0.25, -0.2) is 9.48 Å². The van der Waals surface area contributed by atoms with Crippen LogP contribution in [0.3, 0.4) is 0 Å². The monoisotopic (exact) mass is 326 g/mol. The Labute approximate surface area is 138 Å². The molecule has 6 heteroatoms. The van der Waals surface area contributed by atoms with Gasteiger partial charge >= 0.3 is 5.63 Å². The number of unbranched alkanes of at least 4 members (excludes halogenated alkanes) is 1. The van der Waals surface area contributed by atoms with Crippen LogP contribution in [0.25, 0.3) is 22.2 Å². The summed E-state index contributed by atoms with van der Waals surface area (Å²) in [5.74, 6) is -0.296. The molecule has 0 aliphatic heterocycles. The molecule has 2 aromatic heterocycles. The minimum absolute atomic E-state index is 0.00273. The van der Waals surface area contributed by atoms with Crippen molar-refractivity contribution in [3.63, 3.8) is 0 Å². The summed E-state index contributed by atoms with van der Waals surface area (Å²) < 4.78 is 6.55. The maximum Gasteiger partial charge on any atom is 0.343 e. The first kappa shape index (κ1) is 16.0. The fourth-order valence-electron chi connectivity index (χ4n) is 2.69. The van der Waals surface area contributed by atoms with E-state index in [0.717, 1.165) is 17.5 Å². The van der Waals surface area contributed by atoms with Crippen LogP contribution in [-0.4, -0.2) is 14.9 Å². The highest BCUT2D eigenvalue weighted by molar-refractivity contribution is 5.92. The van der Waals surface area contributed by atoms with Crippen LogP contribution in [0, 0.1) is 0 Å². The summed E-state index contributed by atoms with van der Waals surface area (Å²) in [6.45, 7) is 1.98. The molecular formula is C18H18N2O4. The Morgan fingerprint density at radius 2 is 1.92 bits per heavy atom. The lowest BCUT2D eigenvalue weighted by Gasteiger charge is -2.10. The van der Waals surface area contributed by atoms with Crippen LogP contribution in [0.4, 0.5) is 0 Å². The van der Waals surface area contributed by atoms with Crippen molar-refractivity contribution in [1.29, 1.82) is 0 Å². The molecule has 0 unspecified atom stereocenters. The van der Waals surface area contributed by atoms with Crippen LogP contribution in [-0.2, 0) is 13.5 Å². The summed E-state index contributed by atoms with van der Waals surface area (Å²) in [6.07, 6.45) is 1.95. The first-order valence-corrected chi connectivity index (χ1v) is 7.86. The third-order valence-electron chi connectivity index (χ3n) is 3.99. The molecule has 3 aromatic rings. The van der Waals surface area contributed by atoms with Gasteiger partial charge in [-0.15, -0.1) is 0 Å². The lowest BCUT2D eigenvalue weighted by Crippen LogP contribution is -2.22. The molecule has 0 amide bonds. The van der Waals surface area contributed by atoms with E-state index in [1.807, 2.05) is 25.1 Å². The molecule has 1 N–H and O–H groups in total. The van der Waals surface area contributed by atoms with Gasteiger partial charge in [0.05, 0.1) is 5.56 Å². The van der Waals surface area contributed by atoms with E-state index in [0.29, 0.717) is 17.7 Å². The van der Waals surface area contributed by atoms with E-state index in [1.54, 1.807) is 12.1 Å². The number of hydrogen-bond acceptors (Lipinski definition) is 5. The van der Waals surface area contributed by atoms with Crippen LogP contribution >= 0.6 is 0 Å². The van der Waals surface area contributed by atoms with Crippen molar-refractivity contribution in [3.05, 3.63) is 56.7 Å². The smallest absolute Gasteiger partial charge is 0.343 e. The minimum atomic E-state index is -0.624. The van der Waals surface area contributed by atoms with Crippen molar-refractivity contribution >= 4 is 11.0 Å². The molecule has 0 saturated heterocycles. The Morgan fingerprint density at radius 3 is 2.58 bits per heavy atom. The maximum absolute atomic E-state index is 12.4. The number of rotatable bonds is 4. The van der Waals surface area contributed by atoms with Gasteiger partial charge in [-0.05, 0) is 12.8 Å². The van der Waals surface area contributed by atoms with Crippen LogP contribution in [0.15, 0.2) is 44.3 Å². The fraction of sp³-hybridized carbons (Fsp3) is 0.278. The lowest BCUT2D eigenvalue weighted by molar-refractivity contribution is 0.452. The first-order chi connectivity index (χ1) is 11.5. The largest absolute Gasteiger partial charge is 0.506 e. The van der Waals surface area contributed by atoms with Crippen LogP contribution in [0.2, 0.25) is 0 Å². The predicted octanol–water partition coefficient (Wildman–Crippen LogP) is 2.60. The molecule has 0 spiro atoms. The zero-order valence-electron chi connectivity index (χ0n) is 13.6. The molecule has 0 bridgehead atoms. The number of fused-ring (bicyclic) bond motifs is 1. The van der Waals surface area contributed by atoms with Gasteiger partial charge in [0.2, 0.25) is 0 Å². The van der Waals surface area contributed by atoms with Gasteiger partial charge in [0.15, 0.2) is 5.58 Å². The van der Waals surface area contributed by atoms with E-state index in [9.17, 15) is 14.7 Å². The fourth-order valence-corrected chi connectivity index (χ4v) is 2.69. The number of nitrogens with zero attached hydrogens (tertiary/aromatic N) is 2. The predicted molar refractivity (Wildman–Crippen MR) is 91.2 cm³/mol. The number of aromatic nitrogens is 2. The Balaban J connectivity index is 2.40. The third-order valence-corrected chi connectivity index (χ3v) is 3.99. The lowest BCUT2D eigenvalue weighted by atomic mass is 10.1. The average molecular weight is 326 g/mol. The zero-order chi connectivity index (χ0) is 17.3. The summed E-state index contributed by atoms with van der Waals surface area (Å²) in [5, 5.41) is 14.7. The normalized spacial score (nSPS) is 11.1. The zero-order valence-corrected chi connectivity index (χ0v) is 13.6. The van der Waals surface area contributed by atoms with Crippen molar-refractivity contribution < 1.29 is 9.52 Å². The second-order valence-electron chi connectivity index (χ2n) is 5.67. The maximum atomic E-state index is 12.4. The molecule has 0 aliphatic rings. The molecule has 3 rings (SSSR count). The molecule has 2 heterocycles. The topological polar surface area (TPSA) is 85.3 Å². The molecule has 0 atom stereocenters. The van der Waals surface area contributed by atoms with E-state index >= 15 is 0 Å². The molecular weight excluding hydrogens is 308 g/mol. The highest BCUT2D eigenvalue weighted by Crippen LogP contribution is 2.30. The molecule has 24 heavy (non-hydrogen) atoms. The van der Waals surface area contributed by atoms with Gasteiger partial charge in [0.25, 0.3) is 5.56 Å². The van der Waals surface area contributed by atoms with Gasteiger partial charge in [0, 0.05) is 12.6 Å². The van der Waals surface area contributed by atoms with Gasteiger partial charge in [-0.1, -0.05) is 43.7 Å². The van der Waals surface area contributed by atoms with Crippen molar-refractivity contribution in [1.82, 2.24) is 9.78 Å². The quantitative estimate of drug-likeness (QED) is 0.796. The summed E-state index contributed by atoms with van der Waals surface area (Å²) in [7, 11) is 1.50. The highest BCUT2D eigenvalue weighted by Gasteiger charge is 2.21.